The molecule has 1 aromatic carbocycles. The monoisotopic (exact) mass is 359 g/mol. The van der Waals surface area contributed by atoms with Crippen molar-refractivity contribution in [3.05, 3.63) is 17.7 Å². The van der Waals surface area contributed by atoms with E-state index in [9.17, 15) is 13.6 Å². The summed E-state index contributed by atoms with van der Waals surface area (Å²) in [6, 6.07) is 2.70. The zero-order chi connectivity index (χ0) is 18.2. The molecule has 0 spiro atoms. The van der Waals surface area contributed by atoms with Gasteiger partial charge in [-0.15, -0.1) is 0 Å². The molecular formula is C16H23F2N3O4. The van der Waals surface area contributed by atoms with Crippen molar-refractivity contribution in [2.45, 2.75) is 6.61 Å². The Morgan fingerprint density at radius 3 is 2.36 bits per heavy atom. The predicted molar refractivity (Wildman–Crippen MR) is 87.8 cm³/mol. The maximum Gasteiger partial charge on any atom is 0.387 e. The number of methoxy groups -OCH3 is 2. The minimum absolute atomic E-state index is 0.00639. The molecule has 2 N–H and O–H groups in total. The molecule has 1 heterocycles. The molecule has 0 radical (unpaired) electrons. The lowest BCUT2D eigenvalue weighted by Gasteiger charge is -2.27. The van der Waals surface area contributed by atoms with E-state index in [-0.39, 0.29) is 28.7 Å². The van der Waals surface area contributed by atoms with Gasteiger partial charge in [0.25, 0.3) is 5.91 Å². The van der Waals surface area contributed by atoms with Crippen LogP contribution >= 0.6 is 0 Å². The number of nitrogens with one attached hydrogen (secondary N) is 2. The molecule has 1 aromatic rings. The number of benzene rings is 1. The van der Waals surface area contributed by atoms with E-state index in [1.54, 1.807) is 0 Å². The van der Waals surface area contributed by atoms with Gasteiger partial charge in [-0.1, -0.05) is 0 Å². The van der Waals surface area contributed by atoms with Gasteiger partial charge in [-0.25, -0.2) is 0 Å². The number of alkyl halides is 2. The first-order chi connectivity index (χ1) is 12.0. The summed E-state index contributed by atoms with van der Waals surface area (Å²) in [5.74, 6) is -0.563. The Morgan fingerprint density at radius 1 is 1.24 bits per heavy atom. The number of hydrogen-bond acceptors (Lipinski definition) is 6. The minimum atomic E-state index is -3.03. The molecule has 7 nitrogen and oxygen atoms in total. The third-order valence-corrected chi connectivity index (χ3v) is 3.85. The highest BCUT2D eigenvalue weighted by atomic mass is 19.3. The maximum absolute atomic E-state index is 12.5. The molecule has 0 aliphatic carbocycles. The summed E-state index contributed by atoms with van der Waals surface area (Å²) in [5, 5.41) is 6.07. The van der Waals surface area contributed by atoms with Gasteiger partial charge in [0.2, 0.25) is 5.75 Å². The van der Waals surface area contributed by atoms with E-state index in [4.69, 9.17) is 9.47 Å². The molecule has 0 bridgehead atoms. The summed E-state index contributed by atoms with van der Waals surface area (Å²) in [4.78, 5) is 14.6. The molecule has 1 fully saturated rings. The van der Waals surface area contributed by atoms with Gasteiger partial charge in [0, 0.05) is 44.8 Å². The normalized spacial score (nSPS) is 15.1. The van der Waals surface area contributed by atoms with Crippen LogP contribution in [-0.2, 0) is 0 Å². The van der Waals surface area contributed by atoms with Crippen molar-refractivity contribution in [1.29, 1.82) is 0 Å². The van der Waals surface area contributed by atoms with E-state index >= 15 is 0 Å². The van der Waals surface area contributed by atoms with Crippen molar-refractivity contribution >= 4 is 5.91 Å². The molecule has 0 saturated carbocycles. The van der Waals surface area contributed by atoms with E-state index < -0.39 is 6.61 Å². The van der Waals surface area contributed by atoms with Gasteiger partial charge in [-0.05, 0) is 12.1 Å². The van der Waals surface area contributed by atoms with Gasteiger partial charge < -0.3 is 24.8 Å². The molecule has 1 saturated heterocycles. The summed E-state index contributed by atoms with van der Waals surface area (Å²) in [5.41, 5.74) is 0.246. The van der Waals surface area contributed by atoms with Crippen molar-refractivity contribution in [2.75, 3.05) is 53.5 Å². The molecule has 25 heavy (non-hydrogen) atoms. The highest BCUT2D eigenvalue weighted by Crippen LogP contribution is 2.39. The van der Waals surface area contributed by atoms with E-state index in [0.717, 1.165) is 32.7 Å². The Kier molecular flexibility index (Phi) is 7.20. The maximum atomic E-state index is 12.5. The first-order valence-electron chi connectivity index (χ1n) is 7.97. The summed E-state index contributed by atoms with van der Waals surface area (Å²) >= 11 is 0. The summed E-state index contributed by atoms with van der Waals surface area (Å²) < 4.78 is 39.6. The van der Waals surface area contributed by atoms with Crippen molar-refractivity contribution in [1.82, 2.24) is 15.5 Å². The lowest BCUT2D eigenvalue weighted by Crippen LogP contribution is -2.46. The molecule has 0 unspecified atom stereocenters. The molecule has 0 atom stereocenters. The Hall–Kier alpha value is -2.13. The molecule has 1 aliphatic heterocycles. The molecule has 2 rings (SSSR count). The Bertz CT molecular complexity index is 555. The van der Waals surface area contributed by atoms with E-state index in [2.05, 4.69) is 20.3 Å². The van der Waals surface area contributed by atoms with Crippen LogP contribution in [0.1, 0.15) is 10.4 Å². The van der Waals surface area contributed by atoms with E-state index in [1.807, 2.05) is 0 Å². The fraction of sp³-hybridized carbons (Fsp3) is 0.562. The quantitative estimate of drug-likeness (QED) is 0.720. The van der Waals surface area contributed by atoms with Crippen LogP contribution in [0.3, 0.4) is 0 Å². The zero-order valence-corrected chi connectivity index (χ0v) is 14.3. The topological polar surface area (TPSA) is 72.1 Å². The number of amides is 1. The predicted octanol–water partition coefficient (Wildman–Crippen LogP) is 0.940. The largest absolute Gasteiger partial charge is 0.493 e. The second-order valence-electron chi connectivity index (χ2n) is 5.44. The van der Waals surface area contributed by atoms with Crippen LogP contribution in [0.5, 0.6) is 17.2 Å². The van der Waals surface area contributed by atoms with Crippen LogP contribution in [-0.4, -0.2) is 70.9 Å². The Labute approximate surface area is 145 Å². The molecule has 1 amide bonds. The van der Waals surface area contributed by atoms with Crippen molar-refractivity contribution < 1.29 is 27.8 Å². The number of piperazine rings is 1. The minimum Gasteiger partial charge on any atom is -0.493 e. The number of nitrogens with zero attached hydrogens (tertiary/aromatic N) is 1. The van der Waals surface area contributed by atoms with Crippen LogP contribution in [0.15, 0.2) is 12.1 Å². The number of hydrogen-bond donors (Lipinski definition) is 2. The average Bonchev–Trinajstić information content (AvgIpc) is 2.62. The molecule has 0 aromatic heterocycles. The smallest absolute Gasteiger partial charge is 0.387 e. The molecule has 1 aliphatic rings. The summed E-state index contributed by atoms with van der Waals surface area (Å²) in [7, 11) is 2.61. The van der Waals surface area contributed by atoms with Gasteiger partial charge >= 0.3 is 6.61 Å². The van der Waals surface area contributed by atoms with Crippen LogP contribution < -0.4 is 24.8 Å². The Morgan fingerprint density at radius 2 is 1.84 bits per heavy atom. The van der Waals surface area contributed by atoms with Crippen LogP contribution in [0.2, 0.25) is 0 Å². The SMILES string of the molecule is COc1cc(C(=O)NCCN2CCNCC2)cc(OC)c1OC(F)F. The first-order valence-corrected chi connectivity index (χ1v) is 7.97. The van der Waals surface area contributed by atoms with Gasteiger partial charge in [-0.3, -0.25) is 9.69 Å². The van der Waals surface area contributed by atoms with Crippen molar-refractivity contribution in [2.24, 2.45) is 0 Å². The van der Waals surface area contributed by atoms with Crippen LogP contribution in [0.25, 0.3) is 0 Å². The molecule has 140 valence electrons. The van der Waals surface area contributed by atoms with Crippen LogP contribution in [0.4, 0.5) is 8.78 Å². The second kappa shape index (κ2) is 9.38. The van der Waals surface area contributed by atoms with Gasteiger partial charge in [0.15, 0.2) is 11.5 Å². The zero-order valence-electron chi connectivity index (χ0n) is 14.3. The fourth-order valence-electron chi connectivity index (χ4n) is 2.58. The number of carbonyl (C=O) groups is 1. The average molecular weight is 359 g/mol. The molecule has 9 heteroatoms. The van der Waals surface area contributed by atoms with Gasteiger partial charge in [-0.2, -0.15) is 8.78 Å². The van der Waals surface area contributed by atoms with Crippen molar-refractivity contribution in [3.8, 4) is 17.2 Å². The van der Waals surface area contributed by atoms with Crippen molar-refractivity contribution in [3.63, 3.8) is 0 Å². The van der Waals surface area contributed by atoms with Gasteiger partial charge in [0.1, 0.15) is 0 Å². The lowest BCUT2D eigenvalue weighted by molar-refractivity contribution is -0.0526. The number of rotatable bonds is 8. The highest BCUT2D eigenvalue weighted by Gasteiger charge is 2.20. The summed E-state index contributed by atoms with van der Waals surface area (Å²) in [6.07, 6.45) is 0. The van der Waals surface area contributed by atoms with E-state index in [1.165, 1.54) is 26.4 Å². The van der Waals surface area contributed by atoms with Gasteiger partial charge in [0.05, 0.1) is 14.2 Å². The summed E-state index contributed by atoms with van der Waals surface area (Å²) in [6.45, 7) is 1.96. The number of halogens is 2. The first kappa shape index (κ1) is 19.2. The molecular weight excluding hydrogens is 336 g/mol. The highest BCUT2D eigenvalue weighted by molar-refractivity contribution is 5.95. The Balaban J connectivity index is 2.02. The number of ether oxygens (including phenoxy) is 3. The lowest BCUT2D eigenvalue weighted by atomic mass is 10.1. The second-order valence-corrected chi connectivity index (χ2v) is 5.44. The third kappa shape index (κ3) is 5.43. The van der Waals surface area contributed by atoms with E-state index in [0.29, 0.717) is 6.54 Å². The third-order valence-electron chi connectivity index (χ3n) is 3.85. The fourth-order valence-corrected chi connectivity index (χ4v) is 2.58. The van der Waals surface area contributed by atoms with Crippen LogP contribution in [0, 0.1) is 0 Å². The standard InChI is InChI=1S/C16H23F2N3O4/c1-23-12-9-11(10-13(24-2)14(12)25-16(17)18)15(22)20-5-8-21-6-3-19-4-7-21/h9-10,16,19H,3-8H2,1-2H3,(H,20,22). The number of carbonyl (C=O) groups excluding carboxylic acids is 1.